The molecule has 0 radical (unpaired) electrons. The first-order chi connectivity index (χ1) is 7.66. The van der Waals surface area contributed by atoms with E-state index in [2.05, 4.69) is 35.5 Å². The Hall–Kier alpha value is -1.20. The molecule has 0 aliphatic heterocycles. The molecular formula is C11H16N4S. The summed E-state index contributed by atoms with van der Waals surface area (Å²) in [6.45, 7) is 6.03. The lowest BCUT2D eigenvalue weighted by Gasteiger charge is -2.02. The first kappa shape index (κ1) is 11.3. The van der Waals surface area contributed by atoms with Gasteiger partial charge in [-0.25, -0.2) is 0 Å². The second-order valence-electron chi connectivity index (χ2n) is 3.90. The van der Waals surface area contributed by atoms with Gasteiger partial charge in [0.25, 0.3) is 0 Å². The fraction of sp³-hybridized carbons (Fsp3) is 0.455. The van der Waals surface area contributed by atoms with E-state index in [9.17, 15) is 0 Å². The molecule has 2 aromatic rings. The summed E-state index contributed by atoms with van der Waals surface area (Å²) in [5, 5.41) is 11.1. The van der Waals surface area contributed by atoms with Crippen molar-refractivity contribution in [2.45, 2.75) is 26.9 Å². The maximum Gasteiger partial charge on any atom is 0.0738 e. The van der Waals surface area contributed by atoms with Crippen LogP contribution in [-0.4, -0.2) is 15.0 Å². The quantitative estimate of drug-likeness (QED) is 0.880. The van der Waals surface area contributed by atoms with Crippen LogP contribution in [0.3, 0.4) is 0 Å². The van der Waals surface area contributed by atoms with Crippen molar-refractivity contribution in [2.24, 2.45) is 7.05 Å². The summed E-state index contributed by atoms with van der Waals surface area (Å²) in [5.41, 5.74) is 2.48. The van der Waals surface area contributed by atoms with Crippen LogP contribution in [0.1, 0.15) is 21.0 Å². The molecule has 2 aromatic heterocycles. The van der Waals surface area contributed by atoms with Crippen LogP contribution in [0, 0.1) is 13.8 Å². The summed E-state index contributed by atoms with van der Waals surface area (Å²) < 4.78 is 1.79. The van der Waals surface area contributed by atoms with Gasteiger partial charge >= 0.3 is 0 Å². The van der Waals surface area contributed by atoms with Crippen molar-refractivity contribution in [3.05, 3.63) is 33.3 Å². The molecule has 0 bridgehead atoms. The molecule has 86 valence electrons. The van der Waals surface area contributed by atoms with Crippen LogP contribution in [0.4, 0.5) is 0 Å². The lowest BCUT2D eigenvalue weighted by Crippen LogP contribution is -2.14. The van der Waals surface area contributed by atoms with E-state index in [4.69, 9.17) is 0 Å². The second kappa shape index (κ2) is 4.76. The molecule has 0 aliphatic rings. The smallest absolute Gasteiger partial charge is 0.0738 e. The van der Waals surface area contributed by atoms with E-state index in [1.165, 1.54) is 15.3 Å². The Bertz CT molecular complexity index is 453. The van der Waals surface area contributed by atoms with E-state index in [1.807, 2.05) is 18.4 Å². The molecule has 0 unspecified atom stereocenters. The standard InChI is InChI=1S/C11H16N4S/c1-8-4-11(16-9(8)2)7-12-5-10-6-13-14-15(10)3/h4,6,12H,5,7H2,1-3H3. The van der Waals surface area contributed by atoms with Crippen molar-refractivity contribution in [3.8, 4) is 0 Å². The number of hydrogen-bond donors (Lipinski definition) is 1. The topological polar surface area (TPSA) is 42.7 Å². The summed E-state index contributed by atoms with van der Waals surface area (Å²) in [7, 11) is 1.91. The summed E-state index contributed by atoms with van der Waals surface area (Å²) in [4.78, 5) is 2.78. The average molecular weight is 236 g/mol. The van der Waals surface area contributed by atoms with Gasteiger partial charge in [-0.3, -0.25) is 4.68 Å². The van der Waals surface area contributed by atoms with E-state index in [0.717, 1.165) is 18.8 Å². The van der Waals surface area contributed by atoms with E-state index >= 15 is 0 Å². The van der Waals surface area contributed by atoms with Crippen LogP contribution in [0.25, 0.3) is 0 Å². The molecule has 0 atom stereocenters. The summed E-state index contributed by atoms with van der Waals surface area (Å²) >= 11 is 1.86. The molecular weight excluding hydrogens is 220 g/mol. The molecule has 1 N–H and O–H groups in total. The minimum atomic E-state index is 0.805. The molecule has 16 heavy (non-hydrogen) atoms. The monoisotopic (exact) mass is 236 g/mol. The van der Waals surface area contributed by atoms with Crippen molar-refractivity contribution in [2.75, 3.05) is 0 Å². The fourth-order valence-corrected chi connectivity index (χ4v) is 2.54. The average Bonchev–Trinajstić information content (AvgIpc) is 2.76. The van der Waals surface area contributed by atoms with E-state index < -0.39 is 0 Å². The number of rotatable bonds is 4. The van der Waals surface area contributed by atoms with Crippen molar-refractivity contribution in [1.82, 2.24) is 20.3 Å². The fourth-order valence-electron chi connectivity index (χ4n) is 1.52. The molecule has 0 saturated heterocycles. The zero-order chi connectivity index (χ0) is 11.5. The normalized spacial score (nSPS) is 10.9. The van der Waals surface area contributed by atoms with Crippen LogP contribution in [-0.2, 0) is 20.1 Å². The van der Waals surface area contributed by atoms with E-state index in [0.29, 0.717) is 0 Å². The van der Waals surface area contributed by atoms with Gasteiger partial charge in [0.15, 0.2) is 0 Å². The predicted octanol–water partition coefficient (Wildman–Crippen LogP) is 1.78. The number of hydrogen-bond acceptors (Lipinski definition) is 4. The van der Waals surface area contributed by atoms with Gasteiger partial charge in [-0.15, -0.1) is 16.4 Å². The highest BCUT2D eigenvalue weighted by Crippen LogP contribution is 2.20. The highest BCUT2D eigenvalue weighted by molar-refractivity contribution is 7.12. The Kier molecular flexibility index (Phi) is 3.36. The maximum atomic E-state index is 3.89. The lowest BCUT2D eigenvalue weighted by atomic mass is 10.3. The molecule has 0 saturated carbocycles. The van der Waals surface area contributed by atoms with Gasteiger partial charge in [-0.2, -0.15) is 0 Å². The minimum Gasteiger partial charge on any atom is -0.306 e. The summed E-state index contributed by atoms with van der Waals surface area (Å²) in [5.74, 6) is 0. The van der Waals surface area contributed by atoms with Gasteiger partial charge < -0.3 is 5.32 Å². The maximum absolute atomic E-state index is 3.89. The first-order valence-electron chi connectivity index (χ1n) is 5.27. The van der Waals surface area contributed by atoms with Crippen LogP contribution < -0.4 is 5.32 Å². The molecule has 2 heterocycles. The van der Waals surface area contributed by atoms with Gasteiger partial charge in [-0.05, 0) is 25.5 Å². The third kappa shape index (κ3) is 2.48. The van der Waals surface area contributed by atoms with Crippen molar-refractivity contribution < 1.29 is 0 Å². The third-order valence-electron chi connectivity index (χ3n) is 2.63. The van der Waals surface area contributed by atoms with E-state index in [-0.39, 0.29) is 0 Å². The number of aryl methyl sites for hydroxylation is 3. The SMILES string of the molecule is Cc1cc(CNCc2cnnn2C)sc1C. The number of thiophene rings is 1. The van der Waals surface area contributed by atoms with Crippen molar-refractivity contribution >= 4 is 11.3 Å². The molecule has 0 amide bonds. The molecule has 0 aliphatic carbocycles. The van der Waals surface area contributed by atoms with Gasteiger partial charge in [0.2, 0.25) is 0 Å². The van der Waals surface area contributed by atoms with Gasteiger partial charge in [-0.1, -0.05) is 5.21 Å². The van der Waals surface area contributed by atoms with Crippen molar-refractivity contribution in [3.63, 3.8) is 0 Å². The Morgan fingerprint density at radius 3 is 2.75 bits per heavy atom. The zero-order valence-corrected chi connectivity index (χ0v) is 10.6. The molecule has 0 aromatic carbocycles. The molecule has 0 spiro atoms. The Balaban J connectivity index is 1.87. The highest BCUT2D eigenvalue weighted by atomic mass is 32.1. The largest absolute Gasteiger partial charge is 0.306 e. The van der Waals surface area contributed by atoms with Crippen LogP contribution in [0.2, 0.25) is 0 Å². The molecule has 4 nitrogen and oxygen atoms in total. The third-order valence-corrected chi connectivity index (χ3v) is 3.78. The minimum absolute atomic E-state index is 0.805. The first-order valence-corrected chi connectivity index (χ1v) is 6.08. The molecule has 5 heteroatoms. The zero-order valence-electron chi connectivity index (χ0n) is 9.82. The summed E-state index contributed by atoms with van der Waals surface area (Å²) in [6, 6.07) is 2.24. The van der Waals surface area contributed by atoms with E-state index in [1.54, 1.807) is 10.9 Å². The highest BCUT2D eigenvalue weighted by Gasteiger charge is 2.02. The number of nitrogens with zero attached hydrogens (tertiary/aromatic N) is 3. The predicted molar refractivity (Wildman–Crippen MR) is 65.3 cm³/mol. The van der Waals surface area contributed by atoms with Gasteiger partial charge in [0, 0.05) is 29.9 Å². The number of aromatic nitrogens is 3. The van der Waals surface area contributed by atoms with Gasteiger partial charge in [0.05, 0.1) is 11.9 Å². The number of nitrogens with one attached hydrogen (secondary N) is 1. The molecule has 0 fully saturated rings. The van der Waals surface area contributed by atoms with Crippen LogP contribution >= 0.6 is 11.3 Å². The van der Waals surface area contributed by atoms with Gasteiger partial charge in [0.1, 0.15) is 0 Å². The lowest BCUT2D eigenvalue weighted by molar-refractivity contribution is 0.619. The molecule has 2 rings (SSSR count). The summed E-state index contributed by atoms with van der Waals surface area (Å²) in [6.07, 6.45) is 1.79. The van der Waals surface area contributed by atoms with Crippen LogP contribution in [0.15, 0.2) is 12.3 Å². The Morgan fingerprint density at radius 1 is 1.38 bits per heavy atom. The van der Waals surface area contributed by atoms with Crippen molar-refractivity contribution in [1.29, 1.82) is 0 Å². The van der Waals surface area contributed by atoms with Crippen LogP contribution in [0.5, 0.6) is 0 Å². The Labute approximate surface area is 99.3 Å². The second-order valence-corrected chi connectivity index (χ2v) is 5.25. The Morgan fingerprint density at radius 2 is 2.19 bits per heavy atom.